The van der Waals surface area contributed by atoms with Crippen LogP contribution >= 0.6 is 0 Å². The third-order valence-corrected chi connectivity index (χ3v) is 9.70. The Kier molecular flexibility index (Phi) is 11.3. The van der Waals surface area contributed by atoms with E-state index in [2.05, 4.69) is 43.9 Å². The minimum absolute atomic E-state index is 0.861. The van der Waals surface area contributed by atoms with Gasteiger partial charge in [-0.1, -0.05) is 70.1 Å². The summed E-state index contributed by atoms with van der Waals surface area (Å²) in [5.74, 6) is 2.86. The number of aryl methyl sites for hydroxylation is 2. The van der Waals surface area contributed by atoms with Crippen LogP contribution in [0.3, 0.4) is 0 Å². The van der Waals surface area contributed by atoms with Crippen LogP contribution in [0.4, 0.5) is 5.69 Å². The fraction of sp³-hybridized carbons (Fsp3) is 0.765. The summed E-state index contributed by atoms with van der Waals surface area (Å²) in [5.41, 5.74) is 8.40. The number of nitrogens with zero attached hydrogens (tertiary/aromatic N) is 1. The molecule has 1 atom stereocenters. The molecule has 202 valence electrons. The first-order chi connectivity index (χ1) is 17.7. The molecule has 0 bridgehead atoms. The molecule has 2 heteroatoms. The molecular weight excluding hydrogens is 438 g/mol. The zero-order valence-electron chi connectivity index (χ0n) is 24.0. The fourth-order valence-corrected chi connectivity index (χ4v) is 7.21. The van der Waals surface area contributed by atoms with E-state index < -0.39 is 0 Å². The first-order valence-electron chi connectivity index (χ1n) is 15.9. The lowest BCUT2D eigenvalue weighted by molar-refractivity contribution is 0.122. The second-order valence-corrected chi connectivity index (χ2v) is 12.1. The zero-order chi connectivity index (χ0) is 25.2. The highest BCUT2D eigenvalue weighted by atomic mass is 16.5. The highest BCUT2D eigenvalue weighted by Crippen LogP contribution is 2.47. The van der Waals surface area contributed by atoms with Crippen molar-refractivity contribution in [3.8, 4) is 0 Å². The Morgan fingerprint density at radius 3 is 2.44 bits per heavy atom. The molecular formula is C34H55NO. The molecule has 4 rings (SSSR count). The van der Waals surface area contributed by atoms with Crippen LogP contribution in [-0.2, 0) is 17.6 Å². The number of hydrogen-bond acceptors (Lipinski definition) is 2. The van der Waals surface area contributed by atoms with Gasteiger partial charge in [0, 0.05) is 18.8 Å². The molecule has 0 amide bonds. The van der Waals surface area contributed by atoms with E-state index in [1.54, 1.807) is 11.1 Å². The molecule has 1 unspecified atom stereocenters. The monoisotopic (exact) mass is 493 g/mol. The quantitative estimate of drug-likeness (QED) is 0.189. The molecule has 2 nitrogen and oxygen atoms in total. The predicted molar refractivity (Wildman–Crippen MR) is 156 cm³/mol. The average molecular weight is 494 g/mol. The van der Waals surface area contributed by atoms with Gasteiger partial charge < -0.3 is 9.64 Å². The number of rotatable bonds is 14. The van der Waals surface area contributed by atoms with Gasteiger partial charge in [-0.25, -0.2) is 0 Å². The molecule has 1 aromatic rings. The second kappa shape index (κ2) is 14.6. The number of benzene rings is 1. The Morgan fingerprint density at radius 1 is 0.972 bits per heavy atom. The summed E-state index contributed by atoms with van der Waals surface area (Å²) in [6.45, 7) is 10.9. The maximum absolute atomic E-state index is 5.55. The largest absolute Gasteiger partial charge is 0.378 e. The van der Waals surface area contributed by atoms with Crippen molar-refractivity contribution < 1.29 is 4.74 Å². The van der Waals surface area contributed by atoms with E-state index in [9.17, 15) is 0 Å². The van der Waals surface area contributed by atoms with E-state index in [4.69, 9.17) is 4.74 Å². The topological polar surface area (TPSA) is 12.5 Å². The van der Waals surface area contributed by atoms with Crippen LogP contribution in [0.15, 0.2) is 29.3 Å². The molecule has 1 aromatic carbocycles. The lowest BCUT2D eigenvalue weighted by Gasteiger charge is -2.39. The van der Waals surface area contributed by atoms with Crippen molar-refractivity contribution in [1.82, 2.24) is 0 Å². The standard InChI is InChI=1S/C34H55NO/c1-4-7-8-12-28-23-32(24-28)34(31-14-9-10-15-31)25-27(5-2)13-11-16-30-17-18-33(26-29(30)6-3)35-19-21-36-22-20-35/h17-18,26-28,32H,4-16,19-25H2,1-3H3. The molecule has 0 spiro atoms. The summed E-state index contributed by atoms with van der Waals surface area (Å²) in [4.78, 5) is 2.49. The van der Waals surface area contributed by atoms with E-state index in [0.29, 0.717) is 0 Å². The van der Waals surface area contributed by atoms with Crippen LogP contribution in [0.5, 0.6) is 0 Å². The summed E-state index contributed by atoms with van der Waals surface area (Å²) in [6.07, 6.45) is 22.4. The van der Waals surface area contributed by atoms with Gasteiger partial charge in [0.2, 0.25) is 0 Å². The summed E-state index contributed by atoms with van der Waals surface area (Å²) >= 11 is 0. The first kappa shape index (κ1) is 27.7. The number of anilines is 1. The van der Waals surface area contributed by atoms with Crippen LogP contribution in [-0.4, -0.2) is 26.3 Å². The van der Waals surface area contributed by atoms with Gasteiger partial charge in [0.15, 0.2) is 0 Å². The average Bonchev–Trinajstić information content (AvgIpc) is 3.43. The number of hydrogen-bond donors (Lipinski definition) is 0. The molecule has 1 saturated heterocycles. The SMILES string of the molecule is CCCCCC1CC(C(CC(CC)CCCc2ccc(N3CCOCC3)cc2CC)=C2CCCC2)C1. The molecule has 1 heterocycles. The molecule has 2 saturated carbocycles. The van der Waals surface area contributed by atoms with Crippen LogP contribution in [0.1, 0.15) is 122 Å². The molecule has 0 aromatic heterocycles. The normalized spacial score (nSPS) is 23.1. The molecule has 0 N–H and O–H groups in total. The lowest BCUT2D eigenvalue weighted by Crippen LogP contribution is -2.36. The Balaban J connectivity index is 1.30. The van der Waals surface area contributed by atoms with Crippen LogP contribution in [0.2, 0.25) is 0 Å². The predicted octanol–water partition coefficient (Wildman–Crippen LogP) is 9.30. The Labute approximate surface area is 223 Å². The van der Waals surface area contributed by atoms with E-state index in [0.717, 1.165) is 50.5 Å². The van der Waals surface area contributed by atoms with Crippen LogP contribution in [0.25, 0.3) is 0 Å². The van der Waals surface area contributed by atoms with Gasteiger partial charge in [0.1, 0.15) is 0 Å². The highest BCUT2D eigenvalue weighted by Gasteiger charge is 2.33. The maximum atomic E-state index is 5.55. The molecule has 3 aliphatic rings. The number of unbranched alkanes of at least 4 members (excludes halogenated alkanes) is 2. The lowest BCUT2D eigenvalue weighted by atomic mass is 9.66. The van der Waals surface area contributed by atoms with Crippen LogP contribution in [0, 0.1) is 17.8 Å². The molecule has 2 aliphatic carbocycles. The Morgan fingerprint density at radius 2 is 1.75 bits per heavy atom. The highest BCUT2D eigenvalue weighted by molar-refractivity contribution is 5.51. The maximum Gasteiger partial charge on any atom is 0.0642 e. The van der Waals surface area contributed by atoms with Crippen molar-refractivity contribution >= 4 is 5.69 Å². The van der Waals surface area contributed by atoms with Crippen molar-refractivity contribution in [3.63, 3.8) is 0 Å². The van der Waals surface area contributed by atoms with Crippen molar-refractivity contribution in [2.75, 3.05) is 31.2 Å². The minimum atomic E-state index is 0.861. The number of morpholine rings is 1. The van der Waals surface area contributed by atoms with Gasteiger partial charge in [-0.3, -0.25) is 0 Å². The zero-order valence-corrected chi connectivity index (χ0v) is 24.0. The van der Waals surface area contributed by atoms with Gasteiger partial charge >= 0.3 is 0 Å². The molecule has 1 aliphatic heterocycles. The van der Waals surface area contributed by atoms with Gasteiger partial charge in [0.25, 0.3) is 0 Å². The van der Waals surface area contributed by atoms with E-state index in [1.807, 2.05) is 11.1 Å². The van der Waals surface area contributed by atoms with Crippen molar-refractivity contribution in [3.05, 3.63) is 40.5 Å². The molecule has 0 radical (unpaired) electrons. The van der Waals surface area contributed by atoms with Gasteiger partial charge in [-0.2, -0.15) is 0 Å². The van der Waals surface area contributed by atoms with E-state index >= 15 is 0 Å². The van der Waals surface area contributed by atoms with Gasteiger partial charge in [-0.05, 0) is 112 Å². The van der Waals surface area contributed by atoms with Gasteiger partial charge in [0.05, 0.1) is 13.2 Å². The Hall–Kier alpha value is -1.28. The van der Waals surface area contributed by atoms with Crippen molar-refractivity contribution in [2.45, 2.75) is 124 Å². The summed E-state index contributed by atoms with van der Waals surface area (Å²) in [6, 6.07) is 7.27. The minimum Gasteiger partial charge on any atom is -0.378 e. The fourth-order valence-electron chi connectivity index (χ4n) is 7.21. The third-order valence-electron chi connectivity index (χ3n) is 9.70. The summed E-state index contributed by atoms with van der Waals surface area (Å²) in [5, 5.41) is 0. The van der Waals surface area contributed by atoms with Gasteiger partial charge in [-0.15, -0.1) is 0 Å². The number of allylic oxidation sites excluding steroid dienone is 2. The van der Waals surface area contributed by atoms with Crippen LogP contribution < -0.4 is 4.90 Å². The second-order valence-electron chi connectivity index (χ2n) is 12.1. The third kappa shape index (κ3) is 7.62. The smallest absolute Gasteiger partial charge is 0.0642 e. The number of ether oxygens (including phenoxy) is 1. The van der Waals surface area contributed by atoms with Crippen molar-refractivity contribution in [2.24, 2.45) is 17.8 Å². The Bertz CT molecular complexity index is 806. The van der Waals surface area contributed by atoms with Crippen molar-refractivity contribution in [1.29, 1.82) is 0 Å². The van der Waals surface area contributed by atoms with E-state index in [-0.39, 0.29) is 0 Å². The first-order valence-corrected chi connectivity index (χ1v) is 15.9. The molecule has 36 heavy (non-hydrogen) atoms. The van der Waals surface area contributed by atoms with E-state index in [1.165, 1.54) is 102 Å². The summed E-state index contributed by atoms with van der Waals surface area (Å²) < 4.78 is 5.55. The summed E-state index contributed by atoms with van der Waals surface area (Å²) in [7, 11) is 0. The molecule has 3 fully saturated rings.